The summed E-state index contributed by atoms with van der Waals surface area (Å²) in [4.78, 5) is 12.3. The van der Waals surface area contributed by atoms with Gasteiger partial charge in [0.05, 0.1) is 0 Å². The highest BCUT2D eigenvalue weighted by Crippen LogP contribution is 2.15. The minimum absolute atomic E-state index is 0.146. The van der Waals surface area contributed by atoms with Crippen molar-refractivity contribution in [3.63, 3.8) is 0 Å². The summed E-state index contributed by atoms with van der Waals surface area (Å²) < 4.78 is 11.2. The predicted molar refractivity (Wildman–Crippen MR) is 103 cm³/mol. The van der Waals surface area contributed by atoms with E-state index in [0.717, 1.165) is 17.0 Å². The van der Waals surface area contributed by atoms with Crippen LogP contribution in [0.25, 0.3) is 0 Å². The van der Waals surface area contributed by atoms with Crippen LogP contribution in [0.2, 0.25) is 0 Å². The molecule has 0 aliphatic rings. The van der Waals surface area contributed by atoms with Gasteiger partial charge in [-0.05, 0) is 55.5 Å². The van der Waals surface area contributed by atoms with E-state index in [9.17, 15) is 4.79 Å². The highest BCUT2D eigenvalue weighted by molar-refractivity contribution is 6.04. The Labute approximate surface area is 153 Å². The van der Waals surface area contributed by atoms with Crippen molar-refractivity contribution in [1.29, 1.82) is 0 Å². The van der Waals surface area contributed by atoms with Crippen LogP contribution in [-0.4, -0.2) is 19.1 Å². The van der Waals surface area contributed by atoms with Gasteiger partial charge in [0.15, 0.2) is 0 Å². The van der Waals surface area contributed by atoms with Crippen molar-refractivity contribution < 1.29 is 14.3 Å². The molecule has 4 nitrogen and oxygen atoms in total. The van der Waals surface area contributed by atoms with Gasteiger partial charge < -0.3 is 14.8 Å². The van der Waals surface area contributed by atoms with Crippen LogP contribution in [0.4, 0.5) is 5.69 Å². The maximum absolute atomic E-state index is 12.3. The first-order valence-electron chi connectivity index (χ1n) is 8.49. The molecule has 132 valence electrons. The zero-order chi connectivity index (χ0) is 18.2. The molecule has 3 rings (SSSR count). The zero-order valence-electron chi connectivity index (χ0n) is 14.6. The summed E-state index contributed by atoms with van der Waals surface area (Å²) in [6.45, 7) is 2.90. The van der Waals surface area contributed by atoms with Crippen molar-refractivity contribution in [3.8, 4) is 11.5 Å². The second kappa shape index (κ2) is 8.72. The van der Waals surface area contributed by atoms with Crippen molar-refractivity contribution in [2.24, 2.45) is 0 Å². The molecular weight excluding hydrogens is 326 g/mol. The highest BCUT2D eigenvalue weighted by Gasteiger charge is 2.06. The Balaban J connectivity index is 1.46. The van der Waals surface area contributed by atoms with E-state index in [-0.39, 0.29) is 5.91 Å². The largest absolute Gasteiger partial charge is 0.490 e. The van der Waals surface area contributed by atoms with Crippen molar-refractivity contribution >= 4 is 11.6 Å². The quantitative estimate of drug-likeness (QED) is 0.630. The Kier molecular flexibility index (Phi) is 5.88. The average Bonchev–Trinajstić information content (AvgIpc) is 2.68. The standard InChI is InChI=1S/C22H21NO3/c1-17-7-11-19(12-8-17)23-22(24)18-9-13-21(14-10-18)26-16-15-25-20-5-3-2-4-6-20/h2-14H,15-16H2,1H3,(H,23,24). The third-order valence-electron chi connectivity index (χ3n) is 3.79. The van der Waals surface area contributed by atoms with Gasteiger partial charge >= 0.3 is 0 Å². The molecule has 0 saturated heterocycles. The van der Waals surface area contributed by atoms with Crippen LogP contribution in [-0.2, 0) is 0 Å². The lowest BCUT2D eigenvalue weighted by Crippen LogP contribution is -2.12. The smallest absolute Gasteiger partial charge is 0.255 e. The van der Waals surface area contributed by atoms with Crippen molar-refractivity contribution in [1.82, 2.24) is 0 Å². The number of ether oxygens (including phenoxy) is 2. The molecule has 3 aromatic carbocycles. The Bertz CT molecular complexity index is 828. The number of rotatable bonds is 7. The molecule has 1 N–H and O–H groups in total. The third kappa shape index (κ3) is 5.11. The minimum Gasteiger partial charge on any atom is -0.490 e. The van der Waals surface area contributed by atoms with Crippen LogP contribution < -0.4 is 14.8 Å². The molecule has 0 fully saturated rings. The third-order valence-corrected chi connectivity index (χ3v) is 3.79. The van der Waals surface area contributed by atoms with E-state index in [1.54, 1.807) is 24.3 Å². The molecule has 0 aliphatic heterocycles. The van der Waals surface area contributed by atoms with Gasteiger partial charge in [0.25, 0.3) is 5.91 Å². The van der Waals surface area contributed by atoms with Crippen molar-refractivity contribution in [3.05, 3.63) is 90.0 Å². The molecule has 3 aromatic rings. The number of nitrogens with one attached hydrogen (secondary N) is 1. The number of hydrogen-bond acceptors (Lipinski definition) is 3. The molecule has 0 radical (unpaired) electrons. The SMILES string of the molecule is Cc1ccc(NC(=O)c2ccc(OCCOc3ccccc3)cc2)cc1. The fourth-order valence-corrected chi connectivity index (χ4v) is 2.38. The maximum Gasteiger partial charge on any atom is 0.255 e. The summed E-state index contributed by atoms with van der Waals surface area (Å²) in [6, 6.07) is 24.4. The molecule has 0 aliphatic carbocycles. The number of carbonyl (C=O) groups excluding carboxylic acids is 1. The van der Waals surface area contributed by atoms with E-state index in [1.807, 2.05) is 61.5 Å². The van der Waals surface area contributed by atoms with Gasteiger partial charge in [0.2, 0.25) is 0 Å². The minimum atomic E-state index is -0.146. The van der Waals surface area contributed by atoms with Crippen LogP contribution >= 0.6 is 0 Å². The van der Waals surface area contributed by atoms with Crippen LogP contribution in [0, 0.1) is 6.92 Å². The molecule has 0 spiro atoms. The summed E-state index contributed by atoms with van der Waals surface area (Å²) in [5.74, 6) is 1.38. The Morgan fingerprint density at radius 3 is 1.96 bits per heavy atom. The first kappa shape index (κ1) is 17.5. The van der Waals surface area contributed by atoms with E-state index >= 15 is 0 Å². The number of hydrogen-bond donors (Lipinski definition) is 1. The Morgan fingerprint density at radius 1 is 0.769 bits per heavy atom. The van der Waals surface area contributed by atoms with Crippen LogP contribution in [0.5, 0.6) is 11.5 Å². The second-order valence-electron chi connectivity index (χ2n) is 5.85. The number of aryl methyl sites for hydroxylation is 1. The molecule has 0 heterocycles. The fourth-order valence-electron chi connectivity index (χ4n) is 2.38. The average molecular weight is 347 g/mol. The van der Waals surface area contributed by atoms with Crippen molar-refractivity contribution in [2.75, 3.05) is 18.5 Å². The number of carbonyl (C=O) groups is 1. The molecular formula is C22H21NO3. The second-order valence-corrected chi connectivity index (χ2v) is 5.85. The van der Waals surface area contributed by atoms with E-state index < -0.39 is 0 Å². The van der Waals surface area contributed by atoms with E-state index in [0.29, 0.717) is 24.5 Å². The van der Waals surface area contributed by atoms with Gasteiger partial charge in [-0.3, -0.25) is 4.79 Å². The Hall–Kier alpha value is -3.27. The molecule has 0 bridgehead atoms. The summed E-state index contributed by atoms with van der Waals surface area (Å²) in [5.41, 5.74) is 2.51. The predicted octanol–water partition coefficient (Wildman–Crippen LogP) is 4.71. The van der Waals surface area contributed by atoms with Crippen molar-refractivity contribution in [2.45, 2.75) is 6.92 Å². The summed E-state index contributed by atoms with van der Waals surface area (Å²) in [6.07, 6.45) is 0. The normalized spacial score (nSPS) is 10.2. The van der Waals surface area contributed by atoms with Crippen LogP contribution in [0.15, 0.2) is 78.9 Å². The van der Waals surface area contributed by atoms with Crippen LogP contribution in [0.3, 0.4) is 0 Å². The Morgan fingerprint density at radius 2 is 1.35 bits per heavy atom. The zero-order valence-corrected chi connectivity index (χ0v) is 14.6. The number of benzene rings is 3. The first-order valence-corrected chi connectivity index (χ1v) is 8.49. The van der Waals surface area contributed by atoms with Gasteiger partial charge in [0, 0.05) is 11.3 Å². The van der Waals surface area contributed by atoms with Crippen LogP contribution in [0.1, 0.15) is 15.9 Å². The van der Waals surface area contributed by atoms with E-state index in [1.165, 1.54) is 0 Å². The van der Waals surface area contributed by atoms with E-state index in [4.69, 9.17) is 9.47 Å². The summed E-state index contributed by atoms with van der Waals surface area (Å²) in [7, 11) is 0. The number of anilines is 1. The lowest BCUT2D eigenvalue weighted by Gasteiger charge is -2.09. The summed E-state index contributed by atoms with van der Waals surface area (Å²) in [5, 5.41) is 2.88. The number of para-hydroxylation sites is 1. The molecule has 1 amide bonds. The lowest BCUT2D eigenvalue weighted by atomic mass is 10.2. The van der Waals surface area contributed by atoms with Gasteiger partial charge in [0.1, 0.15) is 24.7 Å². The van der Waals surface area contributed by atoms with Gasteiger partial charge in [-0.25, -0.2) is 0 Å². The lowest BCUT2D eigenvalue weighted by molar-refractivity contribution is 0.102. The fraction of sp³-hybridized carbons (Fsp3) is 0.136. The maximum atomic E-state index is 12.3. The molecule has 0 atom stereocenters. The molecule has 0 aromatic heterocycles. The number of amides is 1. The molecule has 26 heavy (non-hydrogen) atoms. The van der Waals surface area contributed by atoms with Gasteiger partial charge in [-0.1, -0.05) is 35.9 Å². The topological polar surface area (TPSA) is 47.6 Å². The van der Waals surface area contributed by atoms with Gasteiger partial charge in [-0.2, -0.15) is 0 Å². The van der Waals surface area contributed by atoms with Gasteiger partial charge in [-0.15, -0.1) is 0 Å². The highest BCUT2D eigenvalue weighted by atomic mass is 16.5. The summed E-state index contributed by atoms with van der Waals surface area (Å²) >= 11 is 0. The van der Waals surface area contributed by atoms with E-state index in [2.05, 4.69) is 5.32 Å². The monoisotopic (exact) mass is 347 g/mol. The molecule has 0 unspecified atom stereocenters. The first-order chi connectivity index (χ1) is 12.7. The molecule has 4 heteroatoms. The molecule has 0 saturated carbocycles.